The number of aromatic hydroxyl groups is 1. The molecule has 11 nitrogen and oxygen atoms in total. The maximum absolute atomic E-state index is 13.5. The first kappa shape index (κ1) is 23.6. The molecule has 7 N–H and O–H groups in total. The minimum atomic E-state index is -2.77. The van der Waals surface area contributed by atoms with E-state index in [1.54, 1.807) is 26.2 Å². The molecule has 11 heteroatoms. The van der Waals surface area contributed by atoms with Crippen molar-refractivity contribution >= 4 is 29.1 Å². The summed E-state index contributed by atoms with van der Waals surface area (Å²) in [6.07, 6.45) is 0.168. The van der Waals surface area contributed by atoms with E-state index in [0.717, 1.165) is 0 Å². The molecule has 1 fully saturated rings. The van der Waals surface area contributed by atoms with E-state index < -0.39 is 64.0 Å². The zero-order valence-electron chi connectivity index (χ0n) is 18.5. The molecule has 0 radical (unpaired) electrons. The number of aliphatic hydroxyl groups is 3. The van der Waals surface area contributed by atoms with Gasteiger partial charge in [0.25, 0.3) is 5.91 Å². The quantitative estimate of drug-likeness (QED) is 0.301. The van der Waals surface area contributed by atoms with Crippen LogP contribution in [0.3, 0.4) is 0 Å². The largest absolute Gasteiger partial charge is 0.508 e. The zero-order valence-corrected chi connectivity index (χ0v) is 18.5. The lowest BCUT2D eigenvalue weighted by Crippen LogP contribution is -2.65. The number of carbonyl (C=O) groups is 4. The summed E-state index contributed by atoms with van der Waals surface area (Å²) in [6, 6.07) is 3.06. The normalized spacial score (nSPS) is 28.4. The Morgan fingerprint density at radius 3 is 2.53 bits per heavy atom. The molecular weight excluding hydrogens is 446 g/mol. The Bertz CT molecular complexity index is 1200. The minimum absolute atomic E-state index is 0.0380. The van der Waals surface area contributed by atoms with Crippen LogP contribution in [0.15, 0.2) is 35.1 Å². The van der Waals surface area contributed by atoms with E-state index in [-0.39, 0.29) is 36.3 Å². The summed E-state index contributed by atoms with van der Waals surface area (Å²) in [7, 11) is 3.15. The summed E-state index contributed by atoms with van der Waals surface area (Å²) in [6.45, 7) is -0.197. The average Bonchev–Trinajstić information content (AvgIpc) is 2.73. The summed E-state index contributed by atoms with van der Waals surface area (Å²) in [5.74, 6) is -8.16. The summed E-state index contributed by atoms with van der Waals surface area (Å²) in [5.41, 5.74) is 2.68. The van der Waals surface area contributed by atoms with Crippen molar-refractivity contribution in [2.24, 2.45) is 17.6 Å². The predicted molar refractivity (Wildman–Crippen MR) is 117 cm³/mol. The second-order valence-corrected chi connectivity index (χ2v) is 9.14. The number of hydrogen-bond acceptors (Lipinski definition) is 10. The van der Waals surface area contributed by atoms with E-state index in [1.807, 2.05) is 5.32 Å². The van der Waals surface area contributed by atoms with Gasteiger partial charge in [-0.25, -0.2) is 0 Å². The lowest BCUT2D eigenvalue weighted by molar-refractivity contribution is -0.149. The van der Waals surface area contributed by atoms with Crippen LogP contribution in [-0.2, 0) is 25.6 Å². The molecule has 1 saturated carbocycles. The van der Waals surface area contributed by atoms with Gasteiger partial charge in [0.2, 0.25) is 11.7 Å². The number of Topliss-reactive ketones (excluding diaryl/α,β-unsaturated/α-hetero) is 2. The monoisotopic (exact) mass is 471 g/mol. The first-order chi connectivity index (χ1) is 15.9. The number of phenolic OH excluding ortho intramolecular Hbond substituents is 1. The van der Waals surface area contributed by atoms with Crippen LogP contribution in [-0.4, -0.2) is 81.0 Å². The number of carbonyl (C=O) groups excluding carboxylic acids is 4. The summed E-state index contributed by atoms with van der Waals surface area (Å²) in [5, 5.41) is 45.3. The lowest BCUT2D eigenvalue weighted by atomic mass is 9.58. The SMILES string of the molecule is CN(C)CC(=O)NC(=O)C1=C(O)C2(O)C(=O)C3=C(O)c4c(O)cccc4CC3CC2C(N)C1=O. The highest BCUT2D eigenvalue weighted by Crippen LogP contribution is 2.51. The number of fused-ring (bicyclic) bond motifs is 3. The molecule has 3 aliphatic rings. The Kier molecular flexibility index (Phi) is 5.59. The van der Waals surface area contributed by atoms with Gasteiger partial charge in [0.05, 0.1) is 18.2 Å². The third-order valence-corrected chi connectivity index (χ3v) is 6.68. The van der Waals surface area contributed by atoms with Crippen LogP contribution in [0.2, 0.25) is 0 Å². The number of rotatable bonds is 3. The molecule has 0 bridgehead atoms. The number of nitrogens with one attached hydrogen (secondary N) is 1. The molecule has 4 rings (SSSR count). The highest BCUT2D eigenvalue weighted by molar-refractivity contribution is 6.27. The number of nitrogens with two attached hydrogens (primary N) is 1. The minimum Gasteiger partial charge on any atom is -0.508 e. The fraction of sp³-hybridized carbons (Fsp3) is 0.391. The molecule has 3 aliphatic carbocycles. The predicted octanol–water partition coefficient (Wildman–Crippen LogP) is -0.920. The fourth-order valence-electron chi connectivity index (χ4n) is 5.15. The molecule has 1 aromatic carbocycles. The number of ketones is 2. The van der Waals surface area contributed by atoms with Crippen molar-refractivity contribution in [1.29, 1.82) is 0 Å². The van der Waals surface area contributed by atoms with Gasteiger partial charge >= 0.3 is 0 Å². The third kappa shape index (κ3) is 3.31. The van der Waals surface area contributed by atoms with Crippen LogP contribution in [0.5, 0.6) is 5.75 Å². The van der Waals surface area contributed by atoms with E-state index in [4.69, 9.17) is 5.73 Å². The number of hydrogen-bond donors (Lipinski definition) is 6. The molecule has 0 spiro atoms. The molecule has 0 saturated heterocycles. The van der Waals surface area contributed by atoms with Crippen molar-refractivity contribution in [3.63, 3.8) is 0 Å². The van der Waals surface area contributed by atoms with Crippen LogP contribution in [0.1, 0.15) is 17.5 Å². The Morgan fingerprint density at radius 2 is 1.88 bits per heavy atom. The number of phenols is 1. The molecule has 0 heterocycles. The maximum Gasteiger partial charge on any atom is 0.265 e. The van der Waals surface area contributed by atoms with Gasteiger partial charge in [-0.2, -0.15) is 0 Å². The van der Waals surface area contributed by atoms with Gasteiger partial charge in [0, 0.05) is 11.5 Å². The first-order valence-corrected chi connectivity index (χ1v) is 10.6. The molecule has 4 atom stereocenters. The molecule has 2 amide bonds. The van der Waals surface area contributed by atoms with Crippen molar-refractivity contribution in [3.05, 3.63) is 46.2 Å². The smallest absolute Gasteiger partial charge is 0.265 e. The number of imide groups is 1. The van der Waals surface area contributed by atoms with Crippen molar-refractivity contribution in [3.8, 4) is 5.75 Å². The number of nitrogens with zero attached hydrogens (tertiary/aromatic N) is 1. The van der Waals surface area contributed by atoms with Gasteiger partial charge in [0.15, 0.2) is 11.4 Å². The van der Waals surface area contributed by atoms with E-state index in [1.165, 1.54) is 11.0 Å². The van der Waals surface area contributed by atoms with Crippen molar-refractivity contribution < 1.29 is 39.6 Å². The van der Waals surface area contributed by atoms with Gasteiger partial charge < -0.3 is 31.1 Å². The number of benzene rings is 1. The van der Waals surface area contributed by atoms with E-state index in [9.17, 15) is 39.6 Å². The van der Waals surface area contributed by atoms with Gasteiger partial charge in [-0.15, -0.1) is 0 Å². The number of likely N-dealkylation sites (N-methyl/N-ethyl adjacent to an activating group) is 1. The van der Waals surface area contributed by atoms with Crippen LogP contribution in [0, 0.1) is 11.8 Å². The van der Waals surface area contributed by atoms with Gasteiger partial charge in [0.1, 0.15) is 22.8 Å². The van der Waals surface area contributed by atoms with E-state index in [2.05, 4.69) is 0 Å². The topological polar surface area (TPSA) is 190 Å². The molecule has 4 unspecified atom stereocenters. The maximum atomic E-state index is 13.5. The molecule has 1 aromatic rings. The molecular formula is C23H25N3O8. The Balaban J connectivity index is 1.82. The number of amides is 2. The zero-order chi connectivity index (χ0) is 25.1. The lowest BCUT2D eigenvalue weighted by Gasteiger charge is -2.48. The second kappa shape index (κ2) is 8.05. The van der Waals surface area contributed by atoms with Crippen molar-refractivity contribution in [1.82, 2.24) is 10.2 Å². The summed E-state index contributed by atoms with van der Waals surface area (Å²) in [4.78, 5) is 52.6. The highest BCUT2D eigenvalue weighted by Gasteiger charge is 2.63. The van der Waals surface area contributed by atoms with Crippen LogP contribution < -0.4 is 11.1 Å². The summed E-state index contributed by atoms with van der Waals surface area (Å²) < 4.78 is 0. The molecule has 180 valence electrons. The van der Waals surface area contributed by atoms with Crippen LogP contribution >= 0.6 is 0 Å². The average molecular weight is 471 g/mol. The Labute approximate surface area is 194 Å². The van der Waals surface area contributed by atoms with E-state index >= 15 is 0 Å². The van der Waals surface area contributed by atoms with Crippen molar-refractivity contribution in [2.75, 3.05) is 20.6 Å². The Morgan fingerprint density at radius 1 is 1.21 bits per heavy atom. The third-order valence-electron chi connectivity index (χ3n) is 6.68. The fourth-order valence-corrected chi connectivity index (χ4v) is 5.15. The highest BCUT2D eigenvalue weighted by atomic mass is 16.3. The summed E-state index contributed by atoms with van der Waals surface area (Å²) >= 11 is 0. The molecule has 0 aromatic heterocycles. The van der Waals surface area contributed by atoms with Crippen LogP contribution in [0.4, 0.5) is 0 Å². The van der Waals surface area contributed by atoms with E-state index in [0.29, 0.717) is 5.56 Å². The van der Waals surface area contributed by atoms with Crippen LogP contribution in [0.25, 0.3) is 5.76 Å². The van der Waals surface area contributed by atoms with Gasteiger partial charge in [-0.1, -0.05) is 12.1 Å². The number of aliphatic hydroxyl groups excluding tert-OH is 2. The molecule has 34 heavy (non-hydrogen) atoms. The van der Waals surface area contributed by atoms with Crippen molar-refractivity contribution in [2.45, 2.75) is 24.5 Å². The molecule has 0 aliphatic heterocycles. The standard InChI is InChI=1S/C23H25N3O8/c1-26(2)8-13(28)25-22(33)16-19(30)17(24)11-7-10-6-9-4-3-5-12(27)14(9)18(29)15(10)20(31)23(11,34)21(16)32/h3-5,10-11,17,27,29,32,34H,6-8,24H2,1-2H3,(H,25,28,33). The second-order valence-electron chi connectivity index (χ2n) is 9.14. The first-order valence-electron chi connectivity index (χ1n) is 10.6. The van der Waals surface area contributed by atoms with Gasteiger partial charge in [-0.3, -0.25) is 24.5 Å². The Hall–Kier alpha value is -3.54. The van der Waals surface area contributed by atoms with Gasteiger partial charge in [-0.05, 0) is 44.5 Å².